The van der Waals surface area contributed by atoms with Gasteiger partial charge in [0.15, 0.2) is 6.61 Å². The van der Waals surface area contributed by atoms with E-state index in [1.165, 1.54) is 12.1 Å². The van der Waals surface area contributed by atoms with Crippen LogP contribution in [0.15, 0.2) is 18.2 Å². The monoisotopic (exact) mass is 233 g/mol. The molecule has 0 aliphatic heterocycles. The van der Waals surface area contributed by atoms with E-state index in [4.69, 9.17) is 0 Å². The Labute approximate surface area is 90.2 Å². The Kier molecular flexibility index (Phi) is 3.76. The second-order valence-corrected chi connectivity index (χ2v) is 3.17. The summed E-state index contributed by atoms with van der Waals surface area (Å²) in [5, 5.41) is 2.27. The number of aryl methyl sites for hydroxylation is 1. The number of anilines is 1. The van der Waals surface area contributed by atoms with Gasteiger partial charge in [-0.1, -0.05) is 6.07 Å². The van der Waals surface area contributed by atoms with Crippen LogP contribution in [-0.2, 0) is 4.79 Å². The molecule has 0 atom stereocenters. The molecular formula is C10H10F3NO2. The first kappa shape index (κ1) is 12.4. The van der Waals surface area contributed by atoms with Crippen molar-refractivity contribution in [2.45, 2.75) is 13.1 Å². The van der Waals surface area contributed by atoms with Crippen molar-refractivity contribution in [3.05, 3.63) is 23.8 Å². The molecule has 0 heterocycles. The highest BCUT2D eigenvalue weighted by Gasteiger charge is 2.28. The molecule has 0 bridgehead atoms. The molecule has 1 rings (SSSR count). The topological polar surface area (TPSA) is 38.3 Å². The van der Waals surface area contributed by atoms with Crippen LogP contribution >= 0.6 is 0 Å². The Bertz CT molecular complexity index is 377. The molecule has 3 nitrogen and oxygen atoms in total. The fraction of sp³-hybridized carbons (Fsp3) is 0.300. The van der Waals surface area contributed by atoms with Crippen LogP contribution in [-0.4, -0.2) is 19.2 Å². The Morgan fingerprint density at radius 3 is 2.69 bits per heavy atom. The SMILES string of the molecule is Cc1ccc(NC=O)c(OCC(F)(F)F)c1. The lowest BCUT2D eigenvalue weighted by Crippen LogP contribution is -2.19. The highest BCUT2D eigenvalue weighted by atomic mass is 19.4. The number of alkyl halides is 3. The third kappa shape index (κ3) is 3.80. The number of benzene rings is 1. The number of nitrogens with one attached hydrogen (secondary N) is 1. The minimum Gasteiger partial charge on any atom is -0.482 e. The van der Waals surface area contributed by atoms with Gasteiger partial charge in [-0.2, -0.15) is 13.2 Å². The molecule has 16 heavy (non-hydrogen) atoms. The van der Waals surface area contributed by atoms with Gasteiger partial charge in [0.2, 0.25) is 6.41 Å². The van der Waals surface area contributed by atoms with Gasteiger partial charge in [-0.05, 0) is 24.6 Å². The number of hydrogen-bond acceptors (Lipinski definition) is 2. The van der Waals surface area contributed by atoms with Crippen LogP contribution in [0.25, 0.3) is 0 Å². The fourth-order valence-corrected chi connectivity index (χ4v) is 1.09. The van der Waals surface area contributed by atoms with Gasteiger partial charge in [0.05, 0.1) is 5.69 Å². The predicted octanol–water partition coefficient (Wildman–Crippen LogP) is 2.50. The highest BCUT2D eigenvalue weighted by molar-refractivity contribution is 5.75. The minimum absolute atomic E-state index is 0.00410. The van der Waals surface area contributed by atoms with E-state index >= 15 is 0 Å². The van der Waals surface area contributed by atoms with Crippen LogP contribution in [0.4, 0.5) is 18.9 Å². The van der Waals surface area contributed by atoms with Crippen molar-refractivity contribution in [1.29, 1.82) is 0 Å². The van der Waals surface area contributed by atoms with Gasteiger partial charge in [-0.25, -0.2) is 0 Å². The summed E-state index contributed by atoms with van der Waals surface area (Å²) >= 11 is 0. The molecule has 0 aliphatic rings. The smallest absolute Gasteiger partial charge is 0.422 e. The fourth-order valence-electron chi connectivity index (χ4n) is 1.09. The molecule has 0 aliphatic carbocycles. The van der Waals surface area contributed by atoms with Gasteiger partial charge in [0, 0.05) is 0 Å². The summed E-state index contributed by atoms with van der Waals surface area (Å²) < 4.78 is 40.4. The molecular weight excluding hydrogens is 223 g/mol. The number of ether oxygens (including phenoxy) is 1. The van der Waals surface area contributed by atoms with Gasteiger partial charge in [-0.3, -0.25) is 4.79 Å². The molecule has 0 spiro atoms. The van der Waals surface area contributed by atoms with E-state index in [2.05, 4.69) is 10.1 Å². The quantitative estimate of drug-likeness (QED) is 0.811. The van der Waals surface area contributed by atoms with Crippen molar-refractivity contribution in [1.82, 2.24) is 0 Å². The van der Waals surface area contributed by atoms with Crippen molar-refractivity contribution < 1.29 is 22.7 Å². The third-order valence-corrected chi connectivity index (χ3v) is 1.74. The van der Waals surface area contributed by atoms with Crippen LogP contribution in [0, 0.1) is 6.92 Å². The zero-order valence-electron chi connectivity index (χ0n) is 8.47. The van der Waals surface area contributed by atoms with Gasteiger partial charge < -0.3 is 10.1 Å². The summed E-state index contributed by atoms with van der Waals surface area (Å²) in [6.07, 6.45) is -4.02. The van der Waals surface area contributed by atoms with Crippen molar-refractivity contribution in [2.24, 2.45) is 0 Å². The van der Waals surface area contributed by atoms with E-state index in [1.807, 2.05) is 0 Å². The standard InChI is InChI=1S/C10H10F3NO2/c1-7-2-3-8(14-6-15)9(4-7)16-5-10(11,12)13/h2-4,6H,5H2,1H3,(H,14,15). The molecule has 1 aromatic rings. The first-order valence-corrected chi connectivity index (χ1v) is 4.43. The average Bonchev–Trinajstić information content (AvgIpc) is 2.17. The molecule has 1 amide bonds. The maximum Gasteiger partial charge on any atom is 0.422 e. The van der Waals surface area contributed by atoms with Crippen LogP contribution in [0.5, 0.6) is 5.75 Å². The zero-order chi connectivity index (χ0) is 12.2. The predicted molar refractivity (Wildman–Crippen MR) is 52.4 cm³/mol. The average molecular weight is 233 g/mol. The number of amides is 1. The number of rotatable bonds is 4. The summed E-state index contributed by atoms with van der Waals surface area (Å²) in [7, 11) is 0. The van der Waals surface area contributed by atoms with Crippen LogP contribution in [0.1, 0.15) is 5.56 Å². The van der Waals surface area contributed by atoms with Crippen molar-refractivity contribution in [3.8, 4) is 5.75 Å². The van der Waals surface area contributed by atoms with Crippen molar-refractivity contribution in [2.75, 3.05) is 11.9 Å². The summed E-state index contributed by atoms with van der Waals surface area (Å²) in [5.74, 6) is 0.00410. The molecule has 0 aromatic heterocycles. The summed E-state index contributed by atoms with van der Waals surface area (Å²) in [4.78, 5) is 10.2. The molecule has 0 unspecified atom stereocenters. The Hall–Kier alpha value is -1.72. The summed E-state index contributed by atoms with van der Waals surface area (Å²) in [6.45, 7) is 0.329. The van der Waals surface area contributed by atoms with E-state index in [1.54, 1.807) is 13.0 Å². The third-order valence-electron chi connectivity index (χ3n) is 1.74. The maximum atomic E-state index is 11.9. The molecule has 0 saturated carbocycles. The zero-order valence-corrected chi connectivity index (χ0v) is 8.47. The van der Waals surface area contributed by atoms with Crippen LogP contribution in [0.3, 0.4) is 0 Å². The maximum absolute atomic E-state index is 11.9. The lowest BCUT2D eigenvalue weighted by atomic mass is 10.2. The van der Waals surface area contributed by atoms with E-state index in [0.717, 1.165) is 5.56 Å². The lowest BCUT2D eigenvalue weighted by Gasteiger charge is -2.12. The summed E-state index contributed by atoms with van der Waals surface area (Å²) in [6, 6.07) is 4.57. The number of carbonyl (C=O) groups is 1. The van der Waals surface area contributed by atoms with Crippen LogP contribution < -0.4 is 10.1 Å². The summed E-state index contributed by atoms with van der Waals surface area (Å²) in [5.41, 5.74) is 0.957. The van der Waals surface area contributed by atoms with Crippen LogP contribution in [0.2, 0.25) is 0 Å². The number of carbonyl (C=O) groups excluding carboxylic acids is 1. The number of halogens is 3. The van der Waals surface area contributed by atoms with Gasteiger partial charge in [-0.15, -0.1) is 0 Å². The van der Waals surface area contributed by atoms with Gasteiger partial charge in [0.1, 0.15) is 5.75 Å². The second-order valence-electron chi connectivity index (χ2n) is 3.17. The molecule has 6 heteroatoms. The van der Waals surface area contributed by atoms with Crippen molar-refractivity contribution >= 4 is 12.1 Å². The molecule has 1 N–H and O–H groups in total. The minimum atomic E-state index is -4.40. The molecule has 88 valence electrons. The van der Waals surface area contributed by atoms with E-state index in [0.29, 0.717) is 6.41 Å². The Morgan fingerprint density at radius 2 is 2.12 bits per heavy atom. The largest absolute Gasteiger partial charge is 0.482 e. The van der Waals surface area contributed by atoms with Crippen molar-refractivity contribution in [3.63, 3.8) is 0 Å². The van der Waals surface area contributed by atoms with Gasteiger partial charge in [0.25, 0.3) is 0 Å². The number of hydrogen-bond donors (Lipinski definition) is 1. The van der Waals surface area contributed by atoms with E-state index < -0.39 is 12.8 Å². The highest BCUT2D eigenvalue weighted by Crippen LogP contribution is 2.27. The first-order chi connectivity index (χ1) is 7.42. The first-order valence-electron chi connectivity index (χ1n) is 4.43. The van der Waals surface area contributed by atoms with Gasteiger partial charge >= 0.3 is 6.18 Å². The van der Waals surface area contributed by atoms with E-state index in [9.17, 15) is 18.0 Å². The van der Waals surface area contributed by atoms with E-state index in [-0.39, 0.29) is 11.4 Å². The Morgan fingerprint density at radius 1 is 1.44 bits per heavy atom. The lowest BCUT2D eigenvalue weighted by molar-refractivity contribution is -0.153. The molecule has 0 saturated heterocycles. The molecule has 1 aromatic carbocycles. The normalized spacial score (nSPS) is 11.0. The molecule has 0 radical (unpaired) electrons. The molecule has 0 fully saturated rings. The second kappa shape index (κ2) is 4.87. The Balaban J connectivity index is 2.83.